The molecule has 3 nitrogen and oxygen atoms in total. The molecule has 0 unspecified atom stereocenters. The molecule has 16 heavy (non-hydrogen) atoms. The molecule has 3 aliphatic rings. The summed E-state index contributed by atoms with van der Waals surface area (Å²) in [7, 11) is 1.38. The van der Waals surface area contributed by atoms with E-state index in [1.54, 1.807) is 0 Å². The van der Waals surface area contributed by atoms with E-state index in [1.807, 2.05) is 13.0 Å². The zero-order chi connectivity index (χ0) is 12.1. The van der Waals surface area contributed by atoms with Crippen LogP contribution in [-0.4, -0.2) is 23.8 Å². The van der Waals surface area contributed by atoms with Crippen LogP contribution in [0.15, 0.2) is 11.6 Å². The minimum Gasteiger partial charge on any atom is -0.469 e. The van der Waals surface area contributed by atoms with Crippen LogP contribution < -0.4 is 0 Å². The lowest BCUT2D eigenvalue weighted by molar-refractivity contribution is -0.164. The van der Waals surface area contributed by atoms with Gasteiger partial charge in [0.2, 0.25) is 0 Å². The highest BCUT2D eigenvalue weighted by Gasteiger charge is 2.56. The number of hydrogen-bond donors (Lipinski definition) is 1. The van der Waals surface area contributed by atoms with Crippen molar-refractivity contribution in [1.29, 1.82) is 0 Å². The van der Waals surface area contributed by atoms with Crippen molar-refractivity contribution in [1.82, 2.24) is 0 Å². The highest BCUT2D eigenvalue weighted by Crippen LogP contribution is 2.56. The molecule has 0 saturated heterocycles. The highest BCUT2D eigenvalue weighted by atomic mass is 16.5. The first-order valence-corrected chi connectivity index (χ1v) is 5.80. The van der Waals surface area contributed by atoms with Gasteiger partial charge in [-0.2, -0.15) is 0 Å². The lowest BCUT2D eigenvalue weighted by Gasteiger charge is -2.54. The number of carbonyl (C=O) groups is 1. The van der Waals surface area contributed by atoms with Crippen LogP contribution in [-0.2, 0) is 9.53 Å². The molecule has 3 heteroatoms. The molecule has 1 N–H and O–H groups in total. The Bertz CT molecular complexity index is 356. The highest BCUT2D eigenvalue weighted by molar-refractivity contribution is 5.75. The predicted molar refractivity (Wildman–Crippen MR) is 60.7 cm³/mol. The zero-order valence-corrected chi connectivity index (χ0v) is 10.4. The van der Waals surface area contributed by atoms with Crippen LogP contribution in [0.1, 0.15) is 33.6 Å². The fraction of sp³-hybridized carbons (Fsp3) is 0.769. The topological polar surface area (TPSA) is 46.5 Å². The van der Waals surface area contributed by atoms with Crippen molar-refractivity contribution >= 4 is 5.97 Å². The first kappa shape index (κ1) is 11.6. The molecule has 1 saturated carbocycles. The molecular formula is C13H20O3. The van der Waals surface area contributed by atoms with Crippen LogP contribution in [0.25, 0.3) is 0 Å². The van der Waals surface area contributed by atoms with Gasteiger partial charge in [0, 0.05) is 0 Å². The quantitative estimate of drug-likeness (QED) is 0.546. The van der Waals surface area contributed by atoms with Crippen molar-refractivity contribution in [2.24, 2.45) is 17.3 Å². The average molecular weight is 224 g/mol. The van der Waals surface area contributed by atoms with Crippen LogP contribution in [0.2, 0.25) is 0 Å². The summed E-state index contributed by atoms with van der Waals surface area (Å²) in [5, 5.41) is 10.6. The molecule has 0 aromatic rings. The molecule has 3 aliphatic carbocycles. The number of aliphatic hydroxyl groups is 1. The van der Waals surface area contributed by atoms with Crippen molar-refractivity contribution in [2.75, 3.05) is 7.11 Å². The molecule has 0 radical (unpaired) electrons. The third kappa shape index (κ3) is 1.49. The standard InChI is InChI=1S/C13H20O3/c1-8-6-13(15)7-12(2,3)9(8)5-10(13)11(14)16-4/h6,9-10,15H,5,7H2,1-4H3/t9-,10+,13-/m0/s1. The summed E-state index contributed by atoms with van der Waals surface area (Å²) in [6.07, 6.45) is 3.22. The van der Waals surface area contributed by atoms with Crippen LogP contribution in [0.4, 0.5) is 0 Å². The Morgan fingerprint density at radius 2 is 2.19 bits per heavy atom. The molecule has 3 rings (SSSR count). The summed E-state index contributed by atoms with van der Waals surface area (Å²) in [5.74, 6) is -0.295. The van der Waals surface area contributed by atoms with Crippen LogP contribution in [0.5, 0.6) is 0 Å². The molecule has 0 aromatic heterocycles. The number of methoxy groups -OCH3 is 1. The molecule has 90 valence electrons. The van der Waals surface area contributed by atoms with E-state index in [0.717, 1.165) is 0 Å². The Balaban J connectivity index is 2.39. The Morgan fingerprint density at radius 3 is 2.62 bits per heavy atom. The molecule has 3 atom stereocenters. The van der Waals surface area contributed by atoms with Crippen LogP contribution in [0.3, 0.4) is 0 Å². The van der Waals surface area contributed by atoms with E-state index in [2.05, 4.69) is 13.8 Å². The van der Waals surface area contributed by atoms with E-state index in [1.165, 1.54) is 12.7 Å². The van der Waals surface area contributed by atoms with Gasteiger partial charge >= 0.3 is 5.97 Å². The van der Waals surface area contributed by atoms with Gasteiger partial charge in [-0.3, -0.25) is 4.79 Å². The molecule has 1 fully saturated rings. The molecule has 0 aromatic carbocycles. The lowest BCUT2D eigenvalue weighted by atomic mass is 9.53. The fourth-order valence-electron chi connectivity index (χ4n) is 3.63. The van der Waals surface area contributed by atoms with Gasteiger partial charge < -0.3 is 9.84 Å². The summed E-state index contributed by atoms with van der Waals surface area (Å²) >= 11 is 0. The maximum atomic E-state index is 11.7. The van der Waals surface area contributed by atoms with E-state index in [0.29, 0.717) is 18.8 Å². The summed E-state index contributed by atoms with van der Waals surface area (Å²) in [6.45, 7) is 6.36. The van der Waals surface area contributed by atoms with Gasteiger partial charge in [0.05, 0.1) is 18.6 Å². The third-order valence-electron chi connectivity index (χ3n) is 4.27. The number of esters is 1. The zero-order valence-electron chi connectivity index (χ0n) is 10.4. The second-order valence-corrected chi connectivity index (χ2v) is 5.91. The van der Waals surface area contributed by atoms with E-state index >= 15 is 0 Å². The molecule has 0 amide bonds. The second-order valence-electron chi connectivity index (χ2n) is 5.91. The van der Waals surface area contributed by atoms with Crippen molar-refractivity contribution in [3.05, 3.63) is 11.6 Å². The van der Waals surface area contributed by atoms with Gasteiger partial charge in [-0.25, -0.2) is 0 Å². The number of hydrogen-bond acceptors (Lipinski definition) is 3. The van der Waals surface area contributed by atoms with E-state index in [4.69, 9.17) is 4.74 Å². The number of fused-ring (bicyclic) bond motifs is 2. The van der Waals surface area contributed by atoms with Gasteiger partial charge in [0.25, 0.3) is 0 Å². The molecule has 0 heterocycles. The largest absolute Gasteiger partial charge is 0.469 e. The monoisotopic (exact) mass is 224 g/mol. The van der Waals surface area contributed by atoms with Crippen LogP contribution in [0, 0.1) is 17.3 Å². The summed E-state index contributed by atoms with van der Waals surface area (Å²) in [5.41, 5.74) is 0.270. The van der Waals surface area contributed by atoms with Crippen molar-refractivity contribution in [3.8, 4) is 0 Å². The molecule has 0 spiro atoms. The van der Waals surface area contributed by atoms with E-state index in [-0.39, 0.29) is 17.3 Å². The van der Waals surface area contributed by atoms with Crippen LogP contribution >= 0.6 is 0 Å². The van der Waals surface area contributed by atoms with Crippen molar-refractivity contribution in [2.45, 2.75) is 39.2 Å². The third-order valence-corrected chi connectivity index (χ3v) is 4.27. The van der Waals surface area contributed by atoms with Gasteiger partial charge in [0.1, 0.15) is 0 Å². The summed E-state index contributed by atoms with van der Waals surface area (Å²) in [4.78, 5) is 11.7. The first-order chi connectivity index (χ1) is 7.30. The maximum Gasteiger partial charge on any atom is 0.311 e. The van der Waals surface area contributed by atoms with Gasteiger partial charge in [-0.15, -0.1) is 0 Å². The molecule has 2 bridgehead atoms. The normalized spacial score (nSPS) is 40.4. The molecule has 0 aliphatic heterocycles. The Kier molecular flexibility index (Phi) is 2.42. The summed E-state index contributed by atoms with van der Waals surface area (Å²) < 4.78 is 4.78. The van der Waals surface area contributed by atoms with Crippen molar-refractivity contribution < 1.29 is 14.6 Å². The SMILES string of the molecule is COC(=O)[C@H]1C[C@H]2C(C)=C[C@]1(O)CC2(C)C. The minimum atomic E-state index is -1.00. The Labute approximate surface area is 96.5 Å². The Hall–Kier alpha value is -0.830. The second kappa shape index (κ2) is 3.33. The fourth-order valence-corrected chi connectivity index (χ4v) is 3.63. The minimum absolute atomic E-state index is 0.0676. The maximum absolute atomic E-state index is 11.7. The number of allylic oxidation sites excluding steroid dienone is 1. The van der Waals surface area contributed by atoms with Gasteiger partial charge in [0.15, 0.2) is 0 Å². The van der Waals surface area contributed by atoms with Gasteiger partial charge in [-0.1, -0.05) is 25.5 Å². The van der Waals surface area contributed by atoms with E-state index < -0.39 is 5.60 Å². The predicted octanol–water partition coefficient (Wildman–Crippen LogP) is 1.90. The van der Waals surface area contributed by atoms with E-state index in [9.17, 15) is 9.90 Å². The smallest absolute Gasteiger partial charge is 0.311 e. The average Bonchev–Trinajstić information content (AvgIpc) is 2.13. The van der Waals surface area contributed by atoms with Crippen molar-refractivity contribution in [3.63, 3.8) is 0 Å². The van der Waals surface area contributed by atoms with Gasteiger partial charge in [-0.05, 0) is 31.1 Å². The number of carbonyl (C=O) groups excluding carboxylic acids is 1. The Morgan fingerprint density at radius 1 is 1.56 bits per heavy atom. The summed E-state index contributed by atoms with van der Waals surface area (Å²) in [6, 6.07) is 0. The first-order valence-electron chi connectivity index (χ1n) is 5.80. The lowest BCUT2D eigenvalue weighted by Crippen LogP contribution is -2.55. The molecular weight excluding hydrogens is 204 g/mol. The number of ether oxygens (including phenoxy) is 1. The number of rotatable bonds is 1.